The van der Waals surface area contributed by atoms with Gasteiger partial charge in [0.25, 0.3) is 0 Å². The molecule has 17 heavy (non-hydrogen) atoms. The van der Waals surface area contributed by atoms with Crippen LogP contribution in [0.4, 0.5) is 0 Å². The lowest BCUT2D eigenvalue weighted by atomic mass is 9.90. The molecule has 2 atom stereocenters. The molecule has 0 bridgehead atoms. The number of hydrogen-bond donors (Lipinski definition) is 1. The van der Waals surface area contributed by atoms with E-state index in [1.165, 1.54) is 31.3 Å². The molecular weight excluding hydrogens is 212 g/mol. The van der Waals surface area contributed by atoms with Gasteiger partial charge in [0, 0.05) is 25.7 Å². The maximum absolute atomic E-state index is 5.89. The number of nitrogens with one attached hydrogen (secondary N) is 1. The van der Waals surface area contributed by atoms with Crippen LogP contribution in [0.2, 0.25) is 0 Å². The fourth-order valence-corrected chi connectivity index (χ4v) is 3.02. The average molecular weight is 238 g/mol. The van der Waals surface area contributed by atoms with Crippen LogP contribution >= 0.6 is 0 Å². The predicted molar refractivity (Wildman–Crippen MR) is 71.3 cm³/mol. The summed E-state index contributed by atoms with van der Waals surface area (Å²) in [5, 5.41) is 3.35. The van der Waals surface area contributed by atoms with E-state index in [9.17, 15) is 0 Å². The van der Waals surface area contributed by atoms with Gasteiger partial charge in [0.15, 0.2) is 0 Å². The minimum Gasteiger partial charge on any atom is -0.375 e. The minimum atomic E-state index is 0.490. The summed E-state index contributed by atoms with van der Waals surface area (Å²) >= 11 is 0. The first-order chi connectivity index (χ1) is 8.31. The molecule has 0 radical (unpaired) electrons. The van der Waals surface area contributed by atoms with Crippen LogP contribution in [0.15, 0.2) is 12.2 Å². The Kier molecular flexibility index (Phi) is 5.01. The van der Waals surface area contributed by atoms with Crippen molar-refractivity contribution in [2.24, 2.45) is 0 Å². The first-order valence-corrected chi connectivity index (χ1v) is 7.04. The second-order valence-electron chi connectivity index (χ2n) is 5.26. The molecule has 1 aliphatic carbocycles. The van der Waals surface area contributed by atoms with Crippen molar-refractivity contribution in [1.82, 2.24) is 10.2 Å². The van der Waals surface area contributed by atoms with Crippen molar-refractivity contribution >= 4 is 0 Å². The molecule has 3 nitrogen and oxygen atoms in total. The lowest BCUT2D eigenvalue weighted by molar-refractivity contribution is -0.0849. The van der Waals surface area contributed by atoms with Gasteiger partial charge < -0.3 is 10.1 Å². The second kappa shape index (κ2) is 6.53. The van der Waals surface area contributed by atoms with Crippen LogP contribution in [0.1, 0.15) is 32.6 Å². The van der Waals surface area contributed by atoms with Gasteiger partial charge in [0.1, 0.15) is 0 Å². The highest BCUT2D eigenvalue weighted by Crippen LogP contribution is 2.28. The fourth-order valence-electron chi connectivity index (χ4n) is 3.02. The zero-order valence-electron chi connectivity index (χ0n) is 11.1. The van der Waals surface area contributed by atoms with Crippen LogP contribution in [0.25, 0.3) is 0 Å². The van der Waals surface area contributed by atoms with E-state index in [4.69, 9.17) is 4.74 Å². The number of morpholine rings is 1. The number of hydrogen-bond acceptors (Lipinski definition) is 3. The fraction of sp³-hybridized carbons (Fsp3) is 0.857. The van der Waals surface area contributed by atoms with Gasteiger partial charge in [-0.15, -0.1) is 0 Å². The van der Waals surface area contributed by atoms with Crippen molar-refractivity contribution in [2.75, 3.05) is 32.8 Å². The van der Waals surface area contributed by atoms with Gasteiger partial charge in [-0.1, -0.05) is 26.3 Å². The highest BCUT2D eigenvalue weighted by Gasteiger charge is 2.33. The van der Waals surface area contributed by atoms with Gasteiger partial charge >= 0.3 is 0 Å². The smallest absolute Gasteiger partial charge is 0.0731 e. The summed E-state index contributed by atoms with van der Waals surface area (Å²) in [4.78, 5) is 2.59. The number of nitrogens with zero attached hydrogens (tertiary/aromatic N) is 1. The number of rotatable bonds is 5. The summed E-state index contributed by atoms with van der Waals surface area (Å²) in [6.45, 7) is 11.3. The molecule has 1 saturated carbocycles. The second-order valence-corrected chi connectivity index (χ2v) is 5.26. The topological polar surface area (TPSA) is 24.5 Å². The number of ether oxygens (including phenoxy) is 1. The van der Waals surface area contributed by atoms with Crippen LogP contribution in [-0.4, -0.2) is 49.8 Å². The number of fused-ring (bicyclic) bond motifs is 1. The van der Waals surface area contributed by atoms with Crippen LogP contribution in [0, 0.1) is 0 Å². The minimum absolute atomic E-state index is 0.490. The maximum atomic E-state index is 5.89. The highest BCUT2D eigenvalue weighted by atomic mass is 16.5. The molecule has 0 spiro atoms. The van der Waals surface area contributed by atoms with E-state index in [0.29, 0.717) is 12.1 Å². The SMILES string of the molecule is C=C(CNCC)CN1CCOC2CCCCC21. The molecular formula is C14H26N2O. The van der Waals surface area contributed by atoms with Crippen molar-refractivity contribution < 1.29 is 4.74 Å². The van der Waals surface area contributed by atoms with Crippen molar-refractivity contribution in [3.63, 3.8) is 0 Å². The molecule has 1 aliphatic heterocycles. The Bertz CT molecular complexity index is 253. The Morgan fingerprint density at radius 3 is 3.06 bits per heavy atom. The normalized spacial score (nSPS) is 29.9. The highest BCUT2D eigenvalue weighted by molar-refractivity contribution is 5.02. The zero-order chi connectivity index (χ0) is 12.1. The molecule has 0 aromatic carbocycles. The first-order valence-electron chi connectivity index (χ1n) is 7.04. The molecule has 2 rings (SSSR count). The summed E-state index contributed by atoms with van der Waals surface area (Å²) in [6, 6.07) is 0.649. The number of likely N-dealkylation sites (N-methyl/N-ethyl adjacent to an activating group) is 1. The molecule has 1 saturated heterocycles. The molecule has 2 aliphatic rings. The van der Waals surface area contributed by atoms with Crippen LogP contribution in [0.5, 0.6) is 0 Å². The van der Waals surface area contributed by atoms with E-state index >= 15 is 0 Å². The quantitative estimate of drug-likeness (QED) is 0.739. The van der Waals surface area contributed by atoms with E-state index in [1.54, 1.807) is 0 Å². The Hall–Kier alpha value is -0.380. The maximum Gasteiger partial charge on any atom is 0.0731 e. The largest absolute Gasteiger partial charge is 0.375 e. The van der Waals surface area contributed by atoms with Gasteiger partial charge in [-0.3, -0.25) is 4.90 Å². The standard InChI is InChI=1S/C14H26N2O/c1-3-15-10-12(2)11-16-8-9-17-14-7-5-4-6-13(14)16/h13-15H,2-11H2,1H3. The summed E-state index contributed by atoms with van der Waals surface area (Å²) in [6.07, 6.45) is 5.75. The molecule has 0 amide bonds. The Labute approximate surface area is 105 Å². The summed E-state index contributed by atoms with van der Waals surface area (Å²) in [7, 11) is 0. The first kappa shape index (κ1) is 13.1. The van der Waals surface area contributed by atoms with E-state index in [0.717, 1.165) is 32.8 Å². The van der Waals surface area contributed by atoms with Gasteiger partial charge in [-0.2, -0.15) is 0 Å². The van der Waals surface area contributed by atoms with Crippen molar-refractivity contribution in [2.45, 2.75) is 44.8 Å². The lowest BCUT2D eigenvalue weighted by Crippen LogP contribution is -2.53. The molecule has 98 valence electrons. The van der Waals surface area contributed by atoms with Gasteiger partial charge in [-0.05, 0) is 25.0 Å². The molecule has 0 aromatic rings. The van der Waals surface area contributed by atoms with E-state index in [-0.39, 0.29) is 0 Å². The third-order valence-electron chi connectivity index (χ3n) is 3.90. The van der Waals surface area contributed by atoms with Gasteiger partial charge in [-0.25, -0.2) is 0 Å². The molecule has 1 heterocycles. The molecule has 0 aromatic heterocycles. The Morgan fingerprint density at radius 2 is 2.24 bits per heavy atom. The third kappa shape index (κ3) is 3.54. The van der Waals surface area contributed by atoms with Gasteiger partial charge in [0.05, 0.1) is 12.7 Å². The van der Waals surface area contributed by atoms with E-state index in [1.807, 2.05) is 0 Å². The van der Waals surface area contributed by atoms with Crippen LogP contribution in [-0.2, 0) is 4.74 Å². The summed E-state index contributed by atoms with van der Waals surface area (Å²) < 4.78 is 5.89. The molecule has 3 heteroatoms. The summed E-state index contributed by atoms with van der Waals surface area (Å²) in [5.74, 6) is 0. The Morgan fingerprint density at radius 1 is 1.41 bits per heavy atom. The molecule has 2 unspecified atom stereocenters. The predicted octanol–water partition coefficient (Wildman–Crippen LogP) is 1.80. The van der Waals surface area contributed by atoms with Crippen molar-refractivity contribution in [3.8, 4) is 0 Å². The van der Waals surface area contributed by atoms with Gasteiger partial charge in [0.2, 0.25) is 0 Å². The third-order valence-corrected chi connectivity index (χ3v) is 3.90. The summed E-state index contributed by atoms with van der Waals surface area (Å²) in [5.41, 5.74) is 1.30. The monoisotopic (exact) mass is 238 g/mol. The van der Waals surface area contributed by atoms with Crippen molar-refractivity contribution in [3.05, 3.63) is 12.2 Å². The average Bonchev–Trinajstić information content (AvgIpc) is 2.37. The lowest BCUT2D eigenvalue weighted by Gasteiger charge is -2.44. The Balaban J connectivity index is 1.83. The van der Waals surface area contributed by atoms with Crippen molar-refractivity contribution in [1.29, 1.82) is 0 Å². The zero-order valence-corrected chi connectivity index (χ0v) is 11.1. The molecule has 2 fully saturated rings. The van der Waals surface area contributed by atoms with Crippen LogP contribution < -0.4 is 5.32 Å². The van der Waals surface area contributed by atoms with E-state index < -0.39 is 0 Å². The van der Waals surface area contributed by atoms with E-state index in [2.05, 4.69) is 23.7 Å². The van der Waals surface area contributed by atoms with Crippen LogP contribution in [0.3, 0.4) is 0 Å². The molecule has 1 N–H and O–H groups in total.